The summed E-state index contributed by atoms with van der Waals surface area (Å²) in [5.41, 5.74) is 6.80. The van der Waals surface area contributed by atoms with Gasteiger partial charge in [0.1, 0.15) is 5.82 Å². The molecule has 3 aromatic heterocycles. The third-order valence-corrected chi connectivity index (χ3v) is 5.55. The fourth-order valence-electron chi connectivity index (χ4n) is 3.19. The van der Waals surface area contributed by atoms with E-state index in [2.05, 4.69) is 21.0 Å². The molecule has 30 heavy (non-hydrogen) atoms. The number of rotatable bonds is 3. The summed E-state index contributed by atoms with van der Waals surface area (Å²) in [7, 11) is 0. The van der Waals surface area contributed by atoms with Crippen LogP contribution in [-0.2, 0) is 0 Å². The highest BCUT2D eigenvalue weighted by molar-refractivity contribution is 7.12. The third kappa shape index (κ3) is 3.55. The van der Waals surface area contributed by atoms with Crippen LogP contribution in [0.4, 0.5) is 4.39 Å². The lowest BCUT2D eigenvalue weighted by molar-refractivity contribution is 0.0845. The van der Waals surface area contributed by atoms with E-state index in [1.165, 1.54) is 24.3 Å². The number of benzene rings is 1. The monoisotopic (exact) mass is 424 g/mol. The van der Waals surface area contributed by atoms with Crippen molar-refractivity contribution in [3.05, 3.63) is 68.8 Å². The zero-order valence-electron chi connectivity index (χ0n) is 16.4. The minimum atomic E-state index is -0.765. The second kappa shape index (κ2) is 7.68. The summed E-state index contributed by atoms with van der Waals surface area (Å²) in [5.74, 6) is -2.04. The lowest BCUT2D eigenvalue weighted by atomic mass is 10.1. The van der Waals surface area contributed by atoms with Crippen molar-refractivity contribution in [2.45, 2.75) is 20.8 Å². The number of hydrogen-bond donors (Lipinski definition) is 2. The van der Waals surface area contributed by atoms with Gasteiger partial charge < -0.3 is 4.52 Å². The molecule has 0 aliphatic heterocycles. The van der Waals surface area contributed by atoms with Crippen LogP contribution in [0.2, 0.25) is 0 Å². The van der Waals surface area contributed by atoms with E-state index in [1.54, 1.807) is 24.3 Å². The van der Waals surface area contributed by atoms with Crippen molar-refractivity contribution in [1.82, 2.24) is 21.0 Å². The number of hydrogen-bond acceptors (Lipinski definition) is 6. The average Bonchev–Trinajstić information content (AvgIpc) is 3.27. The number of thiophene rings is 1. The molecule has 0 saturated carbocycles. The lowest BCUT2D eigenvalue weighted by Gasteiger charge is -2.10. The largest absolute Gasteiger partial charge is 0.335 e. The van der Waals surface area contributed by atoms with Crippen molar-refractivity contribution in [3.63, 3.8) is 0 Å². The molecule has 4 aromatic rings. The van der Waals surface area contributed by atoms with Gasteiger partial charge in [0.05, 0.1) is 27.9 Å². The Hall–Kier alpha value is -3.59. The van der Waals surface area contributed by atoms with Gasteiger partial charge in [0.25, 0.3) is 17.5 Å². The van der Waals surface area contributed by atoms with Gasteiger partial charge in [-0.15, -0.1) is 11.3 Å². The molecule has 9 heteroatoms. The molecule has 4 rings (SSSR count). The summed E-state index contributed by atoms with van der Waals surface area (Å²) in [6.45, 7) is 5.66. The van der Waals surface area contributed by atoms with E-state index in [4.69, 9.17) is 4.52 Å². The summed E-state index contributed by atoms with van der Waals surface area (Å²) in [6.07, 6.45) is 0. The maximum Gasteiger partial charge on any atom is 0.272 e. The number of nitrogens with one attached hydrogen (secondary N) is 2. The first-order valence-electron chi connectivity index (χ1n) is 9.05. The number of aryl methyl sites for hydroxylation is 3. The highest BCUT2D eigenvalue weighted by atomic mass is 32.1. The quantitative estimate of drug-likeness (QED) is 0.483. The zero-order valence-corrected chi connectivity index (χ0v) is 17.2. The maximum absolute atomic E-state index is 13.8. The van der Waals surface area contributed by atoms with Gasteiger partial charge in [0.15, 0.2) is 0 Å². The fraction of sp³-hybridized carbons (Fsp3) is 0.143. The van der Waals surface area contributed by atoms with Gasteiger partial charge in [-0.2, -0.15) is 0 Å². The van der Waals surface area contributed by atoms with Crippen LogP contribution in [0.25, 0.3) is 22.4 Å². The van der Waals surface area contributed by atoms with E-state index in [-0.39, 0.29) is 16.8 Å². The summed E-state index contributed by atoms with van der Waals surface area (Å²) in [4.78, 5) is 31.8. The lowest BCUT2D eigenvalue weighted by Crippen LogP contribution is -2.42. The first kappa shape index (κ1) is 19.7. The van der Waals surface area contributed by atoms with Gasteiger partial charge >= 0.3 is 0 Å². The van der Waals surface area contributed by atoms with Gasteiger partial charge in [0.2, 0.25) is 0 Å². The number of amides is 2. The third-order valence-electron chi connectivity index (χ3n) is 4.59. The van der Waals surface area contributed by atoms with Crippen LogP contribution < -0.4 is 10.9 Å². The number of pyridine rings is 1. The van der Waals surface area contributed by atoms with Crippen LogP contribution in [0.3, 0.4) is 0 Å². The Morgan fingerprint density at radius 2 is 1.73 bits per heavy atom. The van der Waals surface area contributed by atoms with Crippen molar-refractivity contribution in [3.8, 4) is 11.3 Å². The molecular formula is C21H17FN4O3S. The van der Waals surface area contributed by atoms with Crippen molar-refractivity contribution in [1.29, 1.82) is 0 Å². The Labute approximate surface area is 174 Å². The van der Waals surface area contributed by atoms with Gasteiger partial charge in [0, 0.05) is 15.3 Å². The van der Waals surface area contributed by atoms with Crippen LogP contribution in [0.5, 0.6) is 0 Å². The Bertz CT molecular complexity index is 1290. The summed E-state index contributed by atoms with van der Waals surface area (Å²) < 4.78 is 19.1. The first-order valence-corrected chi connectivity index (χ1v) is 9.86. The van der Waals surface area contributed by atoms with Crippen LogP contribution in [-0.4, -0.2) is 22.0 Å². The molecule has 0 atom stereocenters. The zero-order chi connectivity index (χ0) is 21.4. The topological polar surface area (TPSA) is 97.1 Å². The van der Waals surface area contributed by atoms with E-state index in [9.17, 15) is 14.0 Å². The molecule has 0 aliphatic rings. The molecule has 0 saturated heterocycles. The van der Waals surface area contributed by atoms with Crippen molar-refractivity contribution >= 4 is 34.3 Å². The molecule has 0 fully saturated rings. The second-order valence-electron chi connectivity index (χ2n) is 6.72. The smallest absolute Gasteiger partial charge is 0.272 e. The van der Waals surface area contributed by atoms with Crippen LogP contribution in [0.1, 0.15) is 36.2 Å². The SMILES string of the molecule is Cc1cc(-c2cc(C(=O)NNC(=O)c3ccccc3F)c3c(C)noc3n2)c(C)s1. The number of nitrogens with zero attached hydrogens (tertiary/aromatic N) is 2. The predicted octanol–water partition coefficient (Wildman–Crippen LogP) is 4.09. The first-order chi connectivity index (χ1) is 14.3. The number of hydrazine groups is 1. The molecule has 2 N–H and O–H groups in total. The molecule has 0 unspecified atom stereocenters. The highest BCUT2D eigenvalue weighted by Gasteiger charge is 2.21. The molecule has 0 spiro atoms. The molecule has 3 heterocycles. The Balaban J connectivity index is 1.68. The minimum absolute atomic E-state index is 0.177. The molecule has 2 amide bonds. The Kier molecular flexibility index (Phi) is 5.04. The second-order valence-corrected chi connectivity index (χ2v) is 8.18. The molecule has 0 radical (unpaired) electrons. The Morgan fingerprint density at radius 3 is 2.40 bits per heavy atom. The molecule has 0 bridgehead atoms. The van der Waals surface area contributed by atoms with Gasteiger partial charge in [-0.1, -0.05) is 17.3 Å². The fourth-order valence-corrected chi connectivity index (χ4v) is 4.12. The van der Waals surface area contributed by atoms with Crippen LogP contribution in [0, 0.1) is 26.6 Å². The number of carbonyl (C=O) groups is 2. The van der Waals surface area contributed by atoms with Crippen molar-refractivity contribution in [2.75, 3.05) is 0 Å². The van der Waals surface area contributed by atoms with Gasteiger partial charge in [-0.3, -0.25) is 20.4 Å². The summed E-state index contributed by atoms with van der Waals surface area (Å²) in [5, 5.41) is 4.35. The predicted molar refractivity (Wildman–Crippen MR) is 111 cm³/mol. The number of halogens is 1. The van der Waals surface area contributed by atoms with Crippen LogP contribution in [0.15, 0.2) is 40.9 Å². The molecule has 1 aromatic carbocycles. The summed E-state index contributed by atoms with van der Waals surface area (Å²) >= 11 is 1.62. The number of carbonyl (C=O) groups excluding carboxylic acids is 2. The average molecular weight is 424 g/mol. The minimum Gasteiger partial charge on any atom is -0.335 e. The van der Waals surface area contributed by atoms with Crippen LogP contribution >= 0.6 is 11.3 Å². The van der Waals surface area contributed by atoms with E-state index < -0.39 is 17.6 Å². The normalized spacial score (nSPS) is 10.9. The van der Waals surface area contributed by atoms with E-state index in [0.717, 1.165) is 15.3 Å². The van der Waals surface area contributed by atoms with Gasteiger partial charge in [-0.05, 0) is 45.0 Å². The Morgan fingerprint density at radius 1 is 1.03 bits per heavy atom. The molecule has 7 nitrogen and oxygen atoms in total. The van der Waals surface area contributed by atoms with E-state index >= 15 is 0 Å². The molecular weight excluding hydrogens is 407 g/mol. The highest BCUT2D eigenvalue weighted by Crippen LogP contribution is 2.32. The summed E-state index contributed by atoms with van der Waals surface area (Å²) in [6, 6.07) is 9.12. The molecule has 152 valence electrons. The van der Waals surface area contributed by atoms with Gasteiger partial charge in [-0.25, -0.2) is 9.37 Å². The molecule has 0 aliphatic carbocycles. The maximum atomic E-state index is 13.8. The van der Waals surface area contributed by atoms with Crippen molar-refractivity contribution < 1.29 is 18.5 Å². The number of fused-ring (bicyclic) bond motifs is 1. The van der Waals surface area contributed by atoms with E-state index in [1.807, 2.05) is 19.9 Å². The standard InChI is InChI=1S/C21H17FN4O3S/c1-10-8-14(12(3)30-10)17-9-15(18-11(2)26-29-21(18)23-17)20(28)25-24-19(27)13-6-4-5-7-16(13)22/h4-9H,1-3H3,(H,24,27)(H,25,28). The van der Waals surface area contributed by atoms with E-state index in [0.29, 0.717) is 16.8 Å². The number of aromatic nitrogens is 2. The van der Waals surface area contributed by atoms with Crippen molar-refractivity contribution in [2.24, 2.45) is 0 Å².